The van der Waals surface area contributed by atoms with Crippen LogP contribution in [0.15, 0.2) is 53.3 Å². The maximum absolute atomic E-state index is 12.1. The summed E-state index contributed by atoms with van der Waals surface area (Å²) in [5, 5.41) is 3.26. The van der Waals surface area contributed by atoms with E-state index in [1.807, 2.05) is 0 Å². The molecule has 6 nitrogen and oxygen atoms in total. The van der Waals surface area contributed by atoms with Crippen LogP contribution in [0.25, 0.3) is 10.9 Å². The fourth-order valence-electron chi connectivity index (χ4n) is 2.25. The van der Waals surface area contributed by atoms with Crippen molar-refractivity contribution < 1.29 is 9.53 Å². The number of hydrogen-bond donors (Lipinski definition) is 2. The molecule has 0 saturated carbocycles. The first kappa shape index (κ1) is 14.8. The van der Waals surface area contributed by atoms with Gasteiger partial charge in [-0.25, -0.2) is 4.98 Å². The van der Waals surface area contributed by atoms with Crippen LogP contribution in [0.3, 0.4) is 0 Å². The Morgan fingerprint density at radius 3 is 2.65 bits per heavy atom. The minimum Gasteiger partial charge on any atom is -0.497 e. The summed E-state index contributed by atoms with van der Waals surface area (Å²) in [6, 6.07) is 14.0. The first-order valence-corrected chi connectivity index (χ1v) is 7.07. The van der Waals surface area contributed by atoms with Crippen LogP contribution in [0, 0.1) is 0 Å². The first-order valence-electron chi connectivity index (χ1n) is 7.07. The summed E-state index contributed by atoms with van der Waals surface area (Å²) in [7, 11) is 1.58. The van der Waals surface area contributed by atoms with Gasteiger partial charge in [-0.2, -0.15) is 0 Å². The van der Waals surface area contributed by atoms with E-state index in [9.17, 15) is 9.59 Å². The molecule has 0 spiro atoms. The van der Waals surface area contributed by atoms with E-state index < -0.39 is 0 Å². The summed E-state index contributed by atoms with van der Waals surface area (Å²) in [5.41, 5.74) is 0.977. The number of nitrogens with one attached hydrogen (secondary N) is 2. The number of methoxy groups -OCH3 is 1. The van der Waals surface area contributed by atoms with E-state index in [1.165, 1.54) is 0 Å². The number of anilines is 1. The van der Waals surface area contributed by atoms with Crippen LogP contribution < -0.4 is 15.6 Å². The van der Waals surface area contributed by atoms with E-state index in [0.717, 1.165) is 0 Å². The maximum Gasteiger partial charge on any atom is 0.258 e. The summed E-state index contributed by atoms with van der Waals surface area (Å²) in [6.07, 6.45) is -0.00783. The molecule has 1 heterocycles. The molecule has 0 bridgehead atoms. The third-order valence-corrected chi connectivity index (χ3v) is 3.36. The Kier molecular flexibility index (Phi) is 4.05. The molecule has 23 heavy (non-hydrogen) atoms. The molecule has 1 amide bonds. The van der Waals surface area contributed by atoms with E-state index in [2.05, 4.69) is 15.3 Å². The van der Waals surface area contributed by atoms with Crippen LogP contribution in [0.5, 0.6) is 5.75 Å². The molecule has 0 unspecified atom stereocenters. The Hall–Kier alpha value is -3.15. The second-order valence-corrected chi connectivity index (χ2v) is 4.98. The van der Waals surface area contributed by atoms with E-state index in [1.54, 1.807) is 55.6 Å². The van der Waals surface area contributed by atoms with Gasteiger partial charge in [-0.15, -0.1) is 0 Å². The summed E-state index contributed by atoms with van der Waals surface area (Å²) < 4.78 is 5.06. The molecule has 2 aromatic carbocycles. The lowest BCUT2D eigenvalue weighted by Gasteiger charge is -2.06. The van der Waals surface area contributed by atoms with Gasteiger partial charge in [-0.05, 0) is 36.4 Å². The second-order valence-electron chi connectivity index (χ2n) is 4.98. The lowest BCUT2D eigenvalue weighted by atomic mass is 10.2. The number of fused-ring (bicyclic) bond motifs is 1. The largest absolute Gasteiger partial charge is 0.497 e. The standard InChI is InChI=1S/C17H15N3O3/c1-23-12-8-6-11(7-9-12)18-16(21)10-15-19-14-5-3-2-4-13(14)17(22)20-15/h2-9H,10H2,1H3,(H,18,21)(H,19,20,22). The number of para-hydroxylation sites is 1. The fraction of sp³-hybridized carbons (Fsp3) is 0.118. The maximum atomic E-state index is 12.1. The highest BCUT2D eigenvalue weighted by atomic mass is 16.5. The normalized spacial score (nSPS) is 10.5. The van der Waals surface area contributed by atoms with E-state index >= 15 is 0 Å². The lowest BCUT2D eigenvalue weighted by molar-refractivity contribution is -0.115. The zero-order chi connectivity index (χ0) is 16.2. The SMILES string of the molecule is COc1ccc(NC(=O)Cc2nc3ccccc3c(=O)[nH]2)cc1. The Bertz CT molecular complexity index is 901. The number of carbonyl (C=O) groups is 1. The van der Waals surface area contributed by atoms with Crippen LogP contribution in [0.2, 0.25) is 0 Å². The van der Waals surface area contributed by atoms with Gasteiger partial charge < -0.3 is 15.0 Å². The van der Waals surface area contributed by atoms with Gasteiger partial charge in [-0.3, -0.25) is 9.59 Å². The van der Waals surface area contributed by atoms with Crippen molar-refractivity contribution in [3.05, 3.63) is 64.7 Å². The van der Waals surface area contributed by atoms with Gasteiger partial charge in [-0.1, -0.05) is 12.1 Å². The fourth-order valence-corrected chi connectivity index (χ4v) is 2.25. The molecule has 0 fully saturated rings. The summed E-state index contributed by atoms with van der Waals surface area (Å²) in [5.74, 6) is 0.789. The molecule has 6 heteroatoms. The van der Waals surface area contributed by atoms with Crippen molar-refractivity contribution in [3.8, 4) is 5.75 Å². The molecule has 0 radical (unpaired) electrons. The highest BCUT2D eigenvalue weighted by molar-refractivity contribution is 5.92. The monoisotopic (exact) mass is 309 g/mol. The van der Waals surface area contributed by atoms with Crippen molar-refractivity contribution in [3.63, 3.8) is 0 Å². The number of nitrogens with zero attached hydrogens (tertiary/aromatic N) is 1. The van der Waals surface area contributed by atoms with Crippen molar-refractivity contribution >= 4 is 22.5 Å². The molecule has 116 valence electrons. The number of aromatic nitrogens is 2. The van der Waals surface area contributed by atoms with Gasteiger partial charge in [0.2, 0.25) is 5.91 Å². The van der Waals surface area contributed by atoms with Crippen molar-refractivity contribution in [2.75, 3.05) is 12.4 Å². The van der Waals surface area contributed by atoms with Crippen LogP contribution in [0.1, 0.15) is 5.82 Å². The molecule has 0 atom stereocenters. The summed E-state index contributed by atoms with van der Waals surface area (Å²) in [6.45, 7) is 0. The highest BCUT2D eigenvalue weighted by Crippen LogP contribution is 2.15. The molecule has 0 saturated heterocycles. The molecule has 3 aromatic rings. The number of carbonyl (C=O) groups excluding carboxylic acids is 1. The zero-order valence-electron chi connectivity index (χ0n) is 12.5. The highest BCUT2D eigenvalue weighted by Gasteiger charge is 2.09. The molecular weight excluding hydrogens is 294 g/mol. The lowest BCUT2D eigenvalue weighted by Crippen LogP contribution is -2.19. The van der Waals surface area contributed by atoms with Crippen molar-refractivity contribution in [2.45, 2.75) is 6.42 Å². The van der Waals surface area contributed by atoms with Crippen molar-refractivity contribution in [2.24, 2.45) is 0 Å². The van der Waals surface area contributed by atoms with Crippen LogP contribution in [-0.4, -0.2) is 23.0 Å². The Morgan fingerprint density at radius 1 is 1.17 bits per heavy atom. The molecule has 0 aliphatic carbocycles. The van der Waals surface area contributed by atoms with Gasteiger partial charge in [0.25, 0.3) is 5.56 Å². The molecule has 0 aliphatic rings. The average Bonchev–Trinajstić information content (AvgIpc) is 2.55. The van der Waals surface area contributed by atoms with Crippen LogP contribution in [0.4, 0.5) is 5.69 Å². The minimum atomic E-state index is -0.256. The smallest absolute Gasteiger partial charge is 0.258 e. The number of hydrogen-bond acceptors (Lipinski definition) is 4. The minimum absolute atomic E-state index is 0.00783. The summed E-state index contributed by atoms with van der Waals surface area (Å²) >= 11 is 0. The van der Waals surface area contributed by atoms with E-state index in [-0.39, 0.29) is 17.9 Å². The van der Waals surface area contributed by atoms with E-state index in [4.69, 9.17) is 4.74 Å². The van der Waals surface area contributed by atoms with Crippen molar-refractivity contribution in [1.82, 2.24) is 9.97 Å². The predicted octanol–water partition coefficient (Wildman–Crippen LogP) is 2.11. The molecule has 2 N–H and O–H groups in total. The second kappa shape index (κ2) is 6.31. The number of aromatic amines is 1. The van der Waals surface area contributed by atoms with Crippen molar-refractivity contribution in [1.29, 1.82) is 0 Å². The van der Waals surface area contributed by atoms with Gasteiger partial charge in [0, 0.05) is 5.69 Å². The Labute approximate surface area is 132 Å². The van der Waals surface area contributed by atoms with Gasteiger partial charge >= 0.3 is 0 Å². The number of H-pyrrole nitrogens is 1. The number of ether oxygens (including phenoxy) is 1. The quantitative estimate of drug-likeness (QED) is 0.773. The third-order valence-electron chi connectivity index (χ3n) is 3.36. The third kappa shape index (κ3) is 3.37. The first-order chi connectivity index (χ1) is 11.2. The molecular formula is C17H15N3O3. The zero-order valence-corrected chi connectivity index (χ0v) is 12.5. The van der Waals surface area contributed by atoms with Crippen LogP contribution in [-0.2, 0) is 11.2 Å². The van der Waals surface area contributed by atoms with Gasteiger partial charge in [0.05, 0.1) is 24.4 Å². The molecule has 3 rings (SSSR count). The predicted molar refractivity (Wildman–Crippen MR) is 87.7 cm³/mol. The average molecular weight is 309 g/mol. The molecule has 0 aliphatic heterocycles. The Balaban J connectivity index is 1.75. The number of rotatable bonds is 4. The number of benzene rings is 2. The van der Waals surface area contributed by atoms with Crippen LogP contribution >= 0.6 is 0 Å². The Morgan fingerprint density at radius 2 is 1.91 bits per heavy atom. The van der Waals surface area contributed by atoms with Gasteiger partial charge in [0.15, 0.2) is 0 Å². The number of amides is 1. The van der Waals surface area contributed by atoms with Gasteiger partial charge in [0.1, 0.15) is 11.6 Å². The molecule has 1 aromatic heterocycles. The topological polar surface area (TPSA) is 84.1 Å². The van der Waals surface area contributed by atoms with E-state index in [0.29, 0.717) is 28.2 Å². The summed E-state index contributed by atoms with van der Waals surface area (Å²) in [4.78, 5) is 31.0.